The number of nitrogens with one attached hydrogen (secondary N) is 1. The normalized spacial score (nSPS) is 12.2. The average molecular weight is 425 g/mol. The van der Waals surface area contributed by atoms with Gasteiger partial charge in [0, 0.05) is 12.6 Å². The van der Waals surface area contributed by atoms with Gasteiger partial charge < -0.3 is 10.4 Å². The number of aryl methyl sites for hydroxylation is 1. The monoisotopic (exact) mass is 424 g/mol. The first-order valence-electron chi connectivity index (χ1n) is 9.44. The first-order chi connectivity index (χ1) is 14.2. The molecule has 1 amide bonds. The van der Waals surface area contributed by atoms with Crippen molar-refractivity contribution in [3.63, 3.8) is 0 Å². The van der Waals surface area contributed by atoms with E-state index in [2.05, 4.69) is 5.32 Å². The van der Waals surface area contributed by atoms with Crippen LogP contribution >= 0.6 is 0 Å². The van der Waals surface area contributed by atoms with E-state index in [1.54, 1.807) is 66.7 Å². The number of nitrogens with zero attached hydrogens (tertiary/aromatic N) is 1. The average Bonchev–Trinajstić information content (AvgIpc) is 2.73. The van der Waals surface area contributed by atoms with Crippen molar-refractivity contribution >= 4 is 21.6 Å². The molecule has 0 bridgehead atoms. The molecule has 0 aliphatic heterocycles. The second-order valence-electron chi connectivity index (χ2n) is 7.12. The van der Waals surface area contributed by atoms with E-state index >= 15 is 0 Å². The van der Waals surface area contributed by atoms with E-state index in [9.17, 15) is 18.3 Å². The lowest BCUT2D eigenvalue weighted by Gasteiger charge is -2.20. The van der Waals surface area contributed by atoms with Crippen LogP contribution < -0.4 is 9.62 Å². The fourth-order valence-corrected chi connectivity index (χ4v) is 4.18. The number of carbonyl (C=O) groups excluding carboxylic acids is 1. The van der Waals surface area contributed by atoms with Crippen molar-refractivity contribution in [2.24, 2.45) is 0 Å². The number of hydrogen-bond acceptors (Lipinski definition) is 4. The topological polar surface area (TPSA) is 86.7 Å². The van der Waals surface area contributed by atoms with E-state index in [0.29, 0.717) is 11.3 Å². The van der Waals surface area contributed by atoms with E-state index in [-0.39, 0.29) is 22.6 Å². The van der Waals surface area contributed by atoms with Gasteiger partial charge in [0.15, 0.2) is 0 Å². The van der Waals surface area contributed by atoms with Crippen LogP contribution in [0.5, 0.6) is 5.75 Å². The van der Waals surface area contributed by atoms with E-state index in [1.165, 1.54) is 11.4 Å². The molecule has 0 aliphatic carbocycles. The van der Waals surface area contributed by atoms with Gasteiger partial charge in [-0.15, -0.1) is 0 Å². The maximum atomic E-state index is 12.8. The second kappa shape index (κ2) is 8.59. The third-order valence-corrected chi connectivity index (χ3v) is 6.69. The van der Waals surface area contributed by atoms with Gasteiger partial charge in [-0.3, -0.25) is 9.10 Å². The van der Waals surface area contributed by atoms with Crippen molar-refractivity contribution in [1.29, 1.82) is 0 Å². The number of phenolic OH excluding ortho intramolecular Hbond substituents is 1. The molecular formula is C23H24N2O4S. The number of amides is 1. The fraction of sp³-hybridized carbons (Fsp3) is 0.174. The standard InChI is InChI=1S/C23H24N2O4S/c1-16-7-13-22(14-8-16)30(28,29)25(3)20-11-9-18(10-12-20)23(27)24-17(2)19-5-4-6-21(26)15-19/h4-15,17,26H,1-3H3,(H,24,27). The lowest BCUT2D eigenvalue weighted by atomic mass is 10.1. The summed E-state index contributed by atoms with van der Waals surface area (Å²) in [5.41, 5.74) is 2.62. The van der Waals surface area contributed by atoms with Gasteiger partial charge in [-0.25, -0.2) is 8.42 Å². The molecule has 0 aliphatic rings. The summed E-state index contributed by atoms with van der Waals surface area (Å²) >= 11 is 0. The van der Waals surface area contributed by atoms with Crippen LogP contribution in [0.2, 0.25) is 0 Å². The van der Waals surface area contributed by atoms with E-state index in [1.807, 2.05) is 19.9 Å². The molecule has 6 nitrogen and oxygen atoms in total. The van der Waals surface area contributed by atoms with Gasteiger partial charge >= 0.3 is 0 Å². The molecule has 3 aromatic rings. The Morgan fingerprint density at radius 2 is 1.63 bits per heavy atom. The van der Waals surface area contributed by atoms with Crippen LogP contribution in [0.25, 0.3) is 0 Å². The first kappa shape index (κ1) is 21.4. The Bertz CT molecular complexity index is 1140. The smallest absolute Gasteiger partial charge is 0.264 e. The minimum atomic E-state index is -3.69. The Hall–Kier alpha value is -3.32. The van der Waals surface area contributed by atoms with Crippen LogP contribution in [-0.2, 0) is 10.0 Å². The van der Waals surface area contributed by atoms with Gasteiger partial charge in [0.25, 0.3) is 15.9 Å². The summed E-state index contributed by atoms with van der Waals surface area (Å²) in [5, 5.41) is 12.5. The SMILES string of the molecule is Cc1ccc(S(=O)(=O)N(C)c2ccc(C(=O)NC(C)c3cccc(O)c3)cc2)cc1. The third kappa shape index (κ3) is 4.63. The summed E-state index contributed by atoms with van der Waals surface area (Å²) in [5.74, 6) is -0.155. The lowest BCUT2D eigenvalue weighted by Crippen LogP contribution is -2.28. The number of carbonyl (C=O) groups is 1. The molecule has 0 aromatic heterocycles. The summed E-state index contributed by atoms with van der Waals surface area (Å²) < 4.78 is 26.8. The van der Waals surface area contributed by atoms with E-state index in [4.69, 9.17) is 0 Å². The molecular weight excluding hydrogens is 400 g/mol. The van der Waals surface area contributed by atoms with Gasteiger partial charge in [-0.05, 0) is 67.9 Å². The van der Waals surface area contributed by atoms with Crippen LogP contribution in [0, 0.1) is 6.92 Å². The van der Waals surface area contributed by atoms with Crippen molar-refractivity contribution in [2.45, 2.75) is 24.8 Å². The zero-order chi connectivity index (χ0) is 21.9. The number of aromatic hydroxyl groups is 1. The van der Waals surface area contributed by atoms with Crippen LogP contribution in [0.4, 0.5) is 5.69 Å². The number of sulfonamides is 1. The van der Waals surface area contributed by atoms with E-state index in [0.717, 1.165) is 11.1 Å². The highest BCUT2D eigenvalue weighted by Crippen LogP contribution is 2.23. The molecule has 156 valence electrons. The Labute approximate surface area is 176 Å². The van der Waals surface area contributed by atoms with Crippen molar-refractivity contribution < 1.29 is 18.3 Å². The second-order valence-corrected chi connectivity index (χ2v) is 9.09. The number of phenols is 1. The van der Waals surface area contributed by atoms with Crippen LogP contribution in [0.15, 0.2) is 77.7 Å². The minimum Gasteiger partial charge on any atom is -0.508 e. The molecule has 0 spiro atoms. The predicted molar refractivity (Wildman–Crippen MR) is 117 cm³/mol. The Morgan fingerprint density at radius 3 is 2.23 bits per heavy atom. The Kier molecular flexibility index (Phi) is 6.12. The van der Waals surface area contributed by atoms with Crippen molar-refractivity contribution in [3.05, 3.63) is 89.5 Å². The molecule has 3 aromatic carbocycles. The highest BCUT2D eigenvalue weighted by molar-refractivity contribution is 7.92. The molecule has 0 heterocycles. The molecule has 1 atom stereocenters. The minimum absolute atomic E-state index is 0.135. The maximum Gasteiger partial charge on any atom is 0.264 e. The fourth-order valence-electron chi connectivity index (χ4n) is 2.99. The largest absolute Gasteiger partial charge is 0.508 e. The highest BCUT2D eigenvalue weighted by atomic mass is 32.2. The number of rotatable bonds is 6. The summed E-state index contributed by atoms with van der Waals surface area (Å²) in [7, 11) is -2.21. The summed E-state index contributed by atoms with van der Waals surface area (Å²) in [4.78, 5) is 12.7. The Morgan fingerprint density at radius 1 is 1.00 bits per heavy atom. The van der Waals surface area contributed by atoms with E-state index < -0.39 is 10.0 Å². The van der Waals surface area contributed by atoms with Gasteiger partial charge in [0.2, 0.25) is 0 Å². The van der Waals surface area contributed by atoms with Crippen LogP contribution in [0.1, 0.15) is 34.5 Å². The third-order valence-electron chi connectivity index (χ3n) is 4.89. The lowest BCUT2D eigenvalue weighted by molar-refractivity contribution is 0.0940. The van der Waals surface area contributed by atoms with Gasteiger partial charge in [-0.1, -0.05) is 29.8 Å². The van der Waals surface area contributed by atoms with Crippen molar-refractivity contribution in [1.82, 2.24) is 5.32 Å². The molecule has 30 heavy (non-hydrogen) atoms. The quantitative estimate of drug-likeness (QED) is 0.626. The Balaban J connectivity index is 1.73. The van der Waals surface area contributed by atoms with Gasteiger partial charge in [-0.2, -0.15) is 0 Å². The number of anilines is 1. The molecule has 2 N–H and O–H groups in total. The van der Waals surface area contributed by atoms with Gasteiger partial charge in [0.05, 0.1) is 16.6 Å². The van der Waals surface area contributed by atoms with Crippen molar-refractivity contribution in [2.75, 3.05) is 11.4 Å². The summed E-state index contributed by atoms with van der Waals surface area (Å²) in [6.45, 7) is 3.72. The van der Waals surface area contributed by atoms with Crippen LogP contribution in [0.3, 0.4) is 0 Å². The summed E-state index contributed by atoms with van der Waals surface area (Å²) in [6, 6.07) is 19.4. The highest BCUT2D eigenvalue weighted by Gasteiger charge is 2.21. The molecule has 0 saturated carbocycles. The zero-order valence-corrected chi connectivity index (χ0v) is 17.8. The predicted octanol–water partition coefficient (Wildman–Crippen LogP) is 4.02. The van der Waals surface area contributed by atoms with Crippen molar-refractivity contribution in [3.8, 4) is 5.75 Å². The molecule has 0 radical (unpaired) electrons. The molecule has 0 saturated heterocycles. The number of hydrogen-bond donors (Lipinski definition) is 2. The molecule has 0 fully saturated rings. The molecule has 1 unspecified atom stereocenters. The van der Waals surface area contributed by atoms with Gasteiger partial charge in [0.1, 0.15) is 5.75 Å². The summed E-state index contributed by atoms with van der Waals surface area (Å²) in [6.07, 6.45) is 0. The molecule has 7 heteroatoms. The molecule has 3 rings (SSSR count). The maximum absolute atomic E-state index is 12.8. The zero-order valence-electron chi connectivity index (χ0n) is 17.0. The van der Waals surface area contributed by atoms with Crippen LogP contribution in [-0.4, -0.2) is 26.5 Å². The number of benzene rings is 3. The first-order valence-corrected chi connectivity index (χ1v) is 10.9.